The van der Waals surface area contributed by atoms with Crippen molar-refractivity contribution in [2.24, 2.45) is 0 Å². The molecule has 0 spiro atoms. The summed E-state index contributed by atoms with van der Waals surface area (Å²) in [7, 11) is 0. The summed E-state index contributed by atoms with van der Waals surface area (Å²) >= 11 is 9.02. The van der Waals surface area contributed by atoms with E-state index in [-0.39, 0.29) is 28.2 Å². The number of carbonyl (C=O) groups is 1. The third kappa shape index (κ3) is 3.17. The van der Waals surface area contributed by atoms with Gasteiger partial charge in [-0.2, -0.15) is 0 Å². The van der Waals surface area contributed by atoms with E-state index >= 15 is 0 Å². The highest BCUT2D eigenvalue weighted by Crippen LogP contribution is 2.28. The standard InChI is InChI=1S/C10H9BrClNO4/c1-2-17-10(14)9-6(5-11)3-7(13(15)16)4-8(9)12/h3-4H,2,5H2,1H3. The van der Waals surface area contributed by atoms with Crippen molar-refractivity contribution in [2.45, 2.75) is 12.3 Å². The minimum atomic E-state index is -0.582. The average molecular weight is 323 g/mol. The number of rotatable bonds is 4. The molecule has 7 heteroatoms. The van der Waals surface area contributed by atoms with Crippen molar-refractivity contribution < 1.29 is 14.5 Å². The number of hydrogen-bond donors (Lipinski definition) is 0. The molecule has 0 N–H and O–H groups in total. The van der Waals surface area contributed by atoms with Crippen molar-refractivity contribution >= 4 is 39.2 Å². The van der Waals surface area contributed by atoms with Gasteiger partial charge in [-0.15, -0.1) is 0 Å². The summed E-state index contributed by atoms with van der Waals surface area (Å²) in [4.78, 5) is 21.7. The van der Waals surface area contributed by atoms with E-state index in [9.17, 15) is 14.9 Å². The van der Waals surface area contributed by atoms with E-state index < -0.39 is 10.9 Å². The third-order valence-corrected chi connectivity index (χ3v) is 2.89. The Balaban J connectivity index is 3.30. The molecule has 0 atom stereocenters. The number of nitro groups is 1. The van der Waals surface area contributed by atoms with Crippen LogP contribution in [0.5, 0.6) is 0 Å². The predicted octanol–water partition coefficient (Wildman–Crippen LogP) is 3.32. The molecule has 0 radical (unpaired) electrons. The Morgan fingerprint density at radius 3 is 2.71 bits per heavy atom. The minimum absolute atomic E-state index is 0.0205. The van der Waals surface area contributed by atoms with Gasteiger partial charge in [0.2, 0.25) is 0 Å². The topological polar surface area (TPSA) is 69.4 Å². The van der Waals surface area contributed by atoms with Crippen LogP contribution in [0.15, 0.2) is 12.1 Å². The predicted molar refractivity (Wildman–Crippen MR) is 66.7 cm³/mol. The maximum absolute atomic E-state index is 11.6. The molecule has 5 nitrogen and oxygen atoms in total. The van der Waals surface area contributed by atoms with Crippen molar-refractivity contribution in [3.05, 3.63) is 38.4 Å². The molecule has 0 heterocycles. The van der Waals surface area contributed by atoms with Crippen LogP contribution in [0.25, 0.3) is 0 Å². The fourth-order valence-corrected chi connectivity index (χ4v) is 2.04. The van der Waals surface area contributed by atoms with Crippen LogP contribution in [0.3, 0.4) is 0 Å². The van der Waals surface area contributed by atoms with Crippen molar-refractivity contribution in [1.29, 1.82) is 0 Å². The highest BCUT2D eigenvalue weighted by molar-refractivity contribution is 9.08. The van der Waals surface area contributed by atoms with Gasteiger partial charge in [-0.3, -0.25) is 10.1 Å². The van der Waals surface area contributed by atoms with Crippen molar-refractivity contribution in [2.75, 3.05) is 6.61 Å². The summed E-state index contributed by atoms with van der Waals surface area (Å²) < 4.78 is 4.84. The molecule has 1 aromatic rings. The molecule has 0 unspecified atom stereocenters. The van der Waals surface area contributed by atoms with Crippen LogP contribution in [0, 0.1) is 10.1 Å². The second-order valence-corrected chi connectivity index (χ2v) is 4.04. The number of alkyl halides is 1. The molecule has 17 heavy (non-hydrogen) atoms. The summed E-state index contributed by atoms with van der Waals surface area (Å²) in [5, 5.41) is 10.9. The molecule has 0 aliphatic carbocycles. The molecule has 0 saturated heterocycles. The van der Waals surface area contributed by atoms with Crippen LogP contribution >= 0.6 is 27.5 Å². The molecular weight excluding hydrogens is 313 g/mol. The Bertz CT molecular complexity index is 464. The number of hydrogen-bond acceptors (Lipinski definition) is 4. The van der Waals surface area contributed by atoms with Crippen molar-refractivity contribution in [1.82, 2.24) is 0 Å². The van der Waals surface area contributed by atoms with Gasteiger partial charge in [-0.1, -0.05) is 27.5 Å². The van der Waals surface area contributed by atoms with Crippen LogP contribution in [-0.4, -0.2) is 17.5 Å². The number of nitrogens with zero attached hydrogens (tertiary/aromatic N) is 1. The zero-order valence-corrected chi connectivity index (χ0v) is 11.2. The van der Waals surface area contributed by atoms with Gasteiger partial charge in [0.15, 0.2) is 0 Å². The highest BCUT2D eigenvalue weighted by atomic mass is 79.9. The van der Waals surface area contributed by atoms with Gasteiger partial charge >= 0.3 is 5.97 Å². The van der Waals surface area contributed by atoms with Gasteiger partial charge in [0, 0.05) is 17.5 Å². The van der Waals surface area contributed by atoms with E-state index in [1.165, 1.54) is 6.07 Å². The van der Waals surface area contributed by atoms with Crippen molar-refractivity contribution in [3.8, 4) is 0 Å². The number of ether oxygens (including phenoxy) is 1. The second-order valence-electron chi connectivity index (χ2n) is 3.07. The lowest BCUT2D eigenvalue weighted by molar-refractivity contribution is -0.384. The molecule has 0 aliphatic heterocycles. The molecule has 0 aromatic heterocycles. The molecule has 0 amide bonds. The molecule has 0 saturated carbocycles. The zero-order chi connectivity index (χ0) is 13.0. The van der Waals surface area contributed by atoms with E-state index in [1.54, 1.807) is 6.92 Å². The minimum Gasteiger partial charge on any atom is -0.462 e. The van der Waals surface area contributed by atoms with E-state index in [1.807, 2.05) is 0 Å². The first-order chi connectivity index (χ1) is 8.01. The lowest BCUT2D eigenvalue weighted by Crippen LogP contribution is -2.09. The zero-order valence-electron chi connectivity index (χ0n) is 8.91. The van der Waals surface area contributed by atoms with Crippen LogP contribution in [0.4, 0.5) is 5.69 Å². The number of carbonyl (C=O) groups excluding carboxylic acids is 1. The van der Waals surface area contributed by atoms with E-state index in [0.717, 1.165) is 6.07 Å². The lowest BCUT2D eigenvalue weighted by atomic mass is 10.1. The third-order valence-electron chi connectivity index (χ3n) is 1.99. The number of non-ortho nitro benzene ring substituents is 1. The van der Waals surface area contributed by atoms with Gasteiger partial charge in [-0.05, 0) is 12.5 Å². The van der Waals surface area contributed by atoms with Gasteiger partial charge in [-0.25, -0.2) is 4.79 Å². The quantitative estimate of drug-likeness (QED) is 0.369. The summed E-state index contributed by atoms with van der Waals surface area (Å²) in [6.07, 6.45) is 0. The first-order valence-corrected chi connectivity index (χ1v) is 6.21. The summed E-state index contributed by atoms with van der Waals surface area (Å²) in [6, 6.07) is 2.44. The van der Waals surface area contributed by atoms with Crippen LogP contribution < -0.4 is 0 Å². The fraction of sp³-hybridized carbons (Fsp3) is 0.300. The Morgan fingerprint density at radius 1 is 1.59 bits per heavy atom. The molecule has 1 aromatic carbocycles. The van der Waals surface area contributed by atoms with Crippen LogP contribution in [-0.2, 0) is 10.1 Å². The Labute approximate surface area is 111 Å². The summed E-state index contributed by atoms with van der Waals surface area (Å²) in [5.41, 5.74) is 0.441. The first-order valence-electron chi connectivity index (χ1n) is 4.71. The Hall–Kier alpha value is -1.14. The first kappa shape index (κ1) is 13.9. The molecule has 0 fully saturated rings. The van der Waals surface area contributed by atoms with Gasteiger partial charge < -0.3 is 4.74 Å². The smallest absolute Gasteiger partial charge is 0.339 e. The van der Waals surface area contributed by atoms with E-state index in [0.29, 0.717) is 5.56 Å². The fourth-order valence-electron chi connectivity index (χ4n) is 1.29. The molecule has 1 rings (SSSR count). The number of benzene rings is 1. The second kappa shape index (κ2) is 5.97. The summed E-state index contributed by atoms with van der Waals surface area (Å²) in [5.74, 6) is -0.582. The van der Waals surface area contributed by atoms with Crippen LogP contribution in [0.2, 0.25) is 5.02 Å². The Morgan fingerprint density at radius 2 is 2.24 bits per heavy atom. The van der Waals surface area contributed by atoms with Gasteiger partial charge in [0.05, 0.1) is 22.1 Å². The molecular formula is C10H9BrClNO4. The number of nitro benzene ring substituents is 1. The average Bonchev–Trinajstić information content (AvgIpc) is 2.27. The maximum Gasteiger partial charge on any atom is 0.339 e. The lowest BCUT2D eigenvalue weighted by Gasteiger charge is -2.08. The largest absolute Gasteiger partial charge is 0.462 e. The Kier molecular flexibility index (Phi) is 4.89. The molecule has 0 bridgehead atoms. The van der Waals surface area contributed by atoms with E-state index in [2.05, 4.69) is 15.9 Å². The van der Waals surface area contributed by atoms with Gasteiger partial charge in [0.25, 0.3) is 5.69 Å². The van der Waals surface area contributed by atoms with Crippen molar-refractivity contribution in [3.63, 3.8) is 0 Å². The van der Waals surface area contributed by atoms with E-state index in [4.69, 9.17) is 16.3 Å². The van der Waals surface area contributed by atoms with Gasteiger partial charge in [0.1, 0.15) is 0 Å². The monoisotopic (exact) mass is 321 g/mol. The number of halogens is 2. The van der Waals surface area contributed by atoms with Crippen LogP contribution in [0.1, 0.15) is 22.8 Å². The SMILES string of the molecule is CCOC(=O)c1c(Cl)cc([N+](=O)[O-])cc1CBr. The normalized spacial score (nSPS) is 10.1. The molecule has 92 valence electrons. The maximum atomic E-state index is 11.6. The number of esters is 1. The highest BCUT2D eigenvalue weighted by Gasteiger charge is 2.20. The summed E-state index contributed by atoms with van der Waals surface area (Å²) in [6.45, 7) is 1.89. The molecule has 0 aliphatic rings.